The van der Waals surface area contributed by atoms with E-state index in [1.165, 1.54) is 0 Å². The predicted octanol–water partition coefficient (Wildman–Crippen LogP) is 2.42. The van der Waals surface area contributed by atoms with E-state index in [-0.39, 0.29) is 6.08 Å². The highest BCUT2D eigenvalue weighted by Gasteiger charge is 2.30. The Morgan fingerprint density at radius 1 is 1.60 bits per heavy atom. The number of ketones is 1. The van der Waals surface area contributed by atoms with Crippen LogP contribution in [-0.2, 0) is 4.79 Å². The third-order valence-corrected chi connectivity index (χ3v) is 0.980. The predicted molar refractivity (Wildman–Crippen MR) is 33.7 cm³/mol. The van der Waals surface area contributed by atoms with Crippen LogP contribution < -0.4 is 0 Å². The van der Waals surface area contributed by atoms with Gasteiger partial charge in [-0.05, 0) is 22.9 Å². The molecule has 0 heterocycles. The molecule has 0 radical (unpaired) electrons. The Hall–Kier alpha value is -0.320. The largest absolute Gasteiger partial charge is 0.352 e. The van der Waals surface area contributed by atoms with Crippen LogP contribution in [0.3, 0.4) is 0 Å². The highest BCUT2D eigenvalue weighted by Crippen LogP contribution is 2.31. The summed E-state index contributed by atoms with van der Waals surface area (Å²) in [6.45, 7) is 0.984. The molecule has 0 bridgehead atoms. The lowest BCUT2D eigenvalue weighted by molar-refractivity contribution is -0.112. The quantitative estimate of drug-likeness (QED) is 0.512. The van der Waals surface area contributed by atoms with Crippen molar-refractivity contribution in [3.63, 3.8) is 0 Å². The van der Waals surface area contributed by atoms with Gasteiger partial charge in [-0.1, -0.05) is 0 Å². The molecule has 58 valence electrons. The standard InChI is InChI=1S/C5H4BrF3O/c1-3(10)2-4(7)5(6,8)9/h2H,1H3. The summed E-state index contributed by atoms with van der Waals surface area (Å²) in [5.74, 6) is -2.53. The maximum Gasteiger partial charge on any atom is 0.352 e. The van der Waals surface area contributed by atoms with Gasteiger partial charge in [0.15, 0.2) is 11.6 Å². The van der Waals surface area contributed by atoms with Crippen LogP contribution in [0.15, 0.2) is 11.9 Å². The highest BCUT2D eigenvalue weighted by atomic mass is 79.9. The number of hydrogen-bond donors (Lipinski definition) is 0. The fraction of sp³-hybridized carbons (Fsp3) is 0.400. The second kappa shape index (κ2) is 3.18. The number of allylic oxidation sites excluding steroid dienone is 2. The summed E-state index contributed by atoms with van der Waals surface area (Å²) >= 11 is 1.74. The van der Waals surface area contributed by atoms with Crippen LogP contribution in [0.4, 0.5) is 13.2 Å². The maximum absolute atomic E-state index is 12.0. The number of alkyl halides is 3. The smallest absolute Gasteiger partial charge is 0.295 e. The Morgan fingerprint density at radius 3 is 2.10 bits per heavy atom. The minimum absolute atomic E-state index is 0.231. The first-order valence-corrected chi connectivity index (χ1v) is 3.08. The van der Waals surface area contributed by atoms with Gasteiger partial charge in [0.2, 0.25) is 0 Å². The topological polar surface area (TPSA) is 17.1 Å². The van der Waals surface area contributed by atoms with Crippen molar-refractivity contribution in [1.29, 1.82) is 0 Å². The molecule has 0 aliphatic carbocycles. The lowest BCUT2D eigenvalue weighted by Crippen LogP contribution is -2.06. The Bertz CT molecular complexity index is 170. The Balaban J connectivity index is 4.35. The van der Waals surface area contributed by atoms with Crippen molar-refractivity contribution in [3.8, 4) is 0 Å². The van der Waals surface area contributed by atoms with E-state index in [1.54, 1.807) is 15.9 Å². The second-order valence-corrected chi connectivity index (χ2v) is 2.60. The summed E-state index contributed by atoms with van der Waals surface area (Å²) in [4.78, 5) is 6.31. The molecule has 0 amide bonds. The zero-order chi connectivity index (χ0) is 8.36. The van der Waals surface area contributed by atoms with E-state index in [9.17, 15) is 18.0 Å². The summed E-state index contributed by atoms with van der Waals surface area (Å²) in [7, 11) is 0. The van der Waals surface area contributed by atoms with Crippen molar-refractivity contribution >= 4 is 21.7 Å². The van der Waals surface area contributed by atoms with Crippen molar-refractivity contribution in [1.82, 2.24) is 0 Å². The van der Waals surface area contributed by atoms with Gasteiger partial charge in [0.05, 0.1) is 0 Å². The molecular weight excluding hydrogens is 213 g/mol. The Kier molecular flexibility index (Phi) is 3.08. The van der Waals surface area contributed by atoms with Crippen LogP contribution in [-0.4, -0.2) is 10.6 Å². The summed E-state index contributed by atoms with van der Waals surface area (Å²) in [5, 5.41) is 0. The third-order valence-electron chi connectivity index (χ3n) is 0.601. The van der Waals surface area contributed by atoms with E-state index < -0.39 is 16.4 Å². The molecule has 0 aromatic heterocycles. The third kappa shape index (κ3) is 3.66. The summed E-state index contributed by atoms with van der Waals surface area (Å²) in [5.41, 5.74) is 0. The minimum Gasteiger partial charge on any atom is -0.295 e. The van der Waals surface area contributed by atoms with Crippen LogP contribution in [0.25, 0.3) is 0 Å². The van der Waals surface area contributed by atoms with Gasteiger partial charge in [0.25, 0.3) is 0 Å². The maximum atomic E-state index is 12.0. The Morgan fingerprint density at radius 2 is 2.00 bits per heavy atom. The van der Waals surface area contributed by atoms with Crippen LogP contribution in [0.5, 0.6) is 0 Å². The second-order valence-electron chi connectivity index (χ2n) is 1.60. The van der Waals surface area contributed by atoms with Gasteiger partial charge in [0.1, 0.15) is 0 Å². The van der Waals surface area contributed by atoms with Crippen molar-refractivity contribution in [2.45, 2.75) is 11.8 Å². The first kappa shape index (κ1) is 9.68. The Labute approximate surface area is 64.0 Å². The van der Waals surface area contributed by atoms with Crippen molar-refractivity contribution in [2.24, 2.45) is 0 Å². The molecule has 0 aliphatic heterocycles. The molecule has 0 N–H and O–H groups in total. The van der Waals surface area contributed by atoms with Gasteiger partial charge >= 0.3 is 4.83 Å². The number of rotatable bonds is 2. The molecule has 0 aliphatic rings. The van der Waals surface area contributed by atoms with Crippen LogP contribution in [0, 0.1) is 0 Å². The van der Waals surface area contributed by atoms with Gasteiger partial charge in [-0.3, -0.25) is 4.79 Å². The molecule has 0 atom stereocenters. The molecule has 0 rings (SSSR count). The number of carbonyl (C=O) groups excluding carboxylic acids is 1. The van der Waals surface area contributed by atoms with E-state index in [2.05, 4.69) is 0 Å². The molecule has 0 spiro atoms. The molecule has 0 fully saturated rings. The summed E-state index contributed by atoms with van der Waals surface area (Å²) in [6.07, 6.45) is 0.231. The first-order chi connectivity index (χ1) is 4.34. The molecule has 0 saturated heterocycles. The molecular formula is C5H4BrF3O. The molecule has 10 heavy (non-hydrogen) atoms. The van der Waals surface area contributed by atoms with E-state index in [1.807, 2.05) is 0 Å². The fourth-order valence-corrected chi connectivity index (χ4v) is 0.375. The van der Waals surface area contributed by atoms with E-state index in [4.69, 9.17) is 0 Å². The lowest BCUT2D eigenvalue weighted by Gasteiger charge is -2.02. The zero-order valence-electron chi connectivity index (χ0n) is 5.00. The van der Waals surface area contributed by atoms with Gasteiger partial charge in [-0.25, -0.2) is 4.39 Å². The summed E-state index contributed by atoms with van der Waals surface area (Å²) < 4.78 is 35.6. The first-order valence-electron chi connectivity index (χ1n) is 2.29. The molecule has 0 aromatic rings. The molecule has 0 aromatic carbocycles. The van der Waals surface area contributed by atoms with Gasteiger partial charge in [-0.15, -0.1) is 0 Å². The molecule has 0 unspecified atom stereocenters. The van der Waals surface area contributed by atoms with Crippen molar-refractivity contribution in [2.75, 3.05) is 0 Å². The minimum atomic E-state index is -3.72. The molecule has 5 heteroatoms. The summed E-state index contributed by atoms with van der Waals surface area (Å²) in [6, 6.07) is 0. The average molecular weight is 217 g/mol. The van der Waals surface area contributed by atoms with Gasteiger partial charge < -0.3 is 0 Å². The van der Waals surface area contributed by atoms with Gasteiger partial charge in [-0.2, -0.15) is 8.78 Å². The SMILES string of the molecule is CC(=O)C=C(F)C(F)(F)Br. The fourth-order valence-electron chi connectivity index (χ4n) is 0.260. The monoisotopic (exact) mass is 216 g/mol. The van der Waals surface area contributed by atoms with Gasteiger partial charge in [0, 0.05) is 6.08 Å². The zero-order valence-corrected chi connectivity index (χ0v) is 6.58. The number of carbonyl (C=O) groups is 1. The normalized spacial score (nSPS) is 13.5. The highest BCUT2D eigenvalue weighted by molar-refractivity contribution is 9.10. The molecule has 1 nitrogen and oxygen atoms in total. The molecule has 0 saturated carbocycles. The van der Waals surface area contributed by atoms with E-state index >= 15 is 0 Å². The van der Waals surface area contributed by atoms with Crippen LogP contribution in [0.1, 0.15) is 6.92 Å². The number of hydrogen-bond acceptors (Lipinski definition) is 1. The van der Waals surface area contributed by atoms with E-state index in [0.717, 1.165) is 6.92 Å². The van der Waals surface area contributed by atoms with Crippen molar-refractivity contribution in [3.05, 3.63) is 11.9 Å². The average Bonchev–Trinajstić information content (AvgIpc) is 1.60. The number of halogens is 4. The van der Waals surface area contributed by atoms with Crippen molar-refractivity contribution < 1.29 is 18.0 Å². The lowest BCUT2D eigenvalue weighted by atomic mass is 10.4. The van der Waals surface area contributed by atoms with E-state index in [0.29, 0.717) is 0 Å². The van der Waals surface area contributed by atoms with Crippen LogP contribution >= 0.6 is 15.9 Å². The van der Waals surface area contributed by atoms with Crippen LogP contribution in [0.2, 0.25) is 0 Å².